The smallest absolute Gasteiger partial charge is 0.407 e. The lowest BCUT2D eigenvalue weighted by molar-refractivity contribution is 0.0523. The van der Waals surface area contributed by atoms with Crippen LogP contribution in [0.1, 0.15) is 66.8 Å². The molecule has 3 N–H and O–H groups in total. The van der Waals surface area contributed by atoms with Gasteiger partial charge in [-0.25, -0.2) is 9.59 Å². The van der Waals surface area contributed by atoms with Gasteiger partial charge in [0.1, 0.15) is 5.60 Å². The first kappa shape index (κ1) is 29.4. The molecule has 0 radical (unpaired) electrons. The summed E-state index contributed by atoms with van der Waals surface area (Å²) in [6.07, 6.45) is 0.365. The average molecular weight is 565 g/mol. The molecular weight excluding hydrogens is 528 g/mol. The topological polar surface area (TPSA) is 99.1 Å². The highest BCUT2D eigenvalue weighted by Gasteiger charge is 2.29. The number of nitrogens with zero attached hydrogens (tertiary/aromatic N) is 1. The van der Waals surface area contributed by atoms with Gasteiger partial charge in [0.15, 0.2) is 0 Å². The van der Waals surface area contributed by atoms with Crippen LogP contribution in [0.4, 0.5) is 10.5 Å². The zero-order valence-electron chi connectivity index (χ0n) is 23.4. The van der Waals surface area contributed by atoms with Crippen LogP contribution in [0.3, 0.4) is 0 Å². The molecule has 3 aromatic rings. The van der Waals surface area contributed by atoms with Crippen LogP contribution < -0.4 is 10.2 Å². The van der Waals surface area contributed by atoms with Crippen LogP contribution in [0.5, 0.6) is 0 Å². The molecule has 0 aromatic heterocycles. The van der Waals surface area contributed by atoms with Crippen LogP contribution in [-0.2, 0) is 11.3 Å². The zero-order valence-corrected chi connectivity index (χ0v) is 24.2. The largest absolute Gasteiger partial charge is 0.478 e. The molecule has 1 saturated heterocycles. The van der Waals surface area contributed by atoms with Crippen LogP contribution in [0.25, 0.3) is 11.1 Å². The van der Waals surface area contributed by atoms with E-state index < -0.39 is 23.8 Å². The van der Waals surface area contributed by atoms with Gasteiger partial charge in [-0.1, -0.05) is 41.9 Å². The number of aromatic carboxylic acids is 1. The molecule has 1 heterocycles. The third-order valence-corrected chi connectivity index (χ3v) is 7.45. The summed E-state index contributed by atoms with van der Waals surface area (Å²) < 4.78 is 5.36. The monoisotopic (exact) mass is 564 g/mol. The molecule has 0 bridgehead atoms. The molecule has 0 aliphatic carbocycles. The molecular formula is C32H37ClN2O5. The number of piperidine rings is 1. The second-order valence-corrected chi connectivity index (χ2v) is 11.8. The molecule has 40 heavy (non-hydrogen) atoms. The van der Waals surface area contributed by atoms with Crippen molar-refractivity contribution in [3.05, 3.63) is 87.9 Å². The van der Waals surface area contributed by atoms with Gasteiger partial charge in [0.05, 0.1) is 11.7 Å². The standard InChI is InChI=1S/C32H37ClN2O5/c1-20-17-24(30(37)38)8-12-28(20)35-15-13-23(14-16-35)29(36)27-18-21(19-34-31(39)40-32(2,3)4)5-11-26(27)22-6-9-25(33)10-7-22/h5-12,17-18,23,29,36H,13-16,19H2,1-4H3,(H,34,39)(H,37,38). The molecule has 4 rings (SSSR count). The predicted octanol–water partition coefficient (Wildman–Crippen LogP) is 6.99. The SMILES string of the molecule is Cc1cc(C(=O)O)ccc1N1CCC(C(O)c2cc(CNC(=O)OC(C)(C)C)ccc2-c2ccc(Cl)cc2)CC1. The Hall–Kier alpha value is -3.55. The van der Waals surface area contributed by atoms with Gasteiger partial charge >= 0.3 is 12.1 Å². The number of ether oxygens (including phenoxy) is 1. The lowest BCUT2D eigenvalue weighted by Crippen LogP contribution is -2.36. The van der Waals surface area contributed by atoms with Crippen molar-refractivity contribution in [1.82, 2.24) is 5.32 Å². The number of alkyl carbamates (subject to hydrolysis) is 1. The fraction of sp³-hybridized carbons (Fsp3) is 0.375. The van der Waals surface area contributed by atoms with E-state index in [4.69, 9.17) is 16.3 Å². The van der Waals surface area contributed by atoms with Crippen LogP contribution in [0, 0.1) is 12.8 Å². The Morgan fingerprint density at radius 2 is 1.73 bits per heavy atom. The number of carboxylic acids is 1. The van der Waals surface area contributed by atoms with E-state index >= 15 is 0 Å². The number of nitrogens with one attached hydrogen (secondary N) is 1. The maximum Gasteiger partial charge on any atom is 0.407 e. The van der Waals surface area contributed by atoms with Gasteiger partial charge in [-0.15, -0.1) is 0 Å². The number of rotatable bonds is 7. The van der Waals surface area contributed by atoms with E-state index in [1.165, 1.54) is 0 Å². The summed E-state index contributed by atoms with van der Waals surface area (Å²) in [5.74, 6) is -0.897. The Kier molecular flexibility index (Phi) is 9.06. The highest BCUT2D eigenvalue weighted by atomic mass is 35.5. The fourth-order valence-corrected chi connectivity index (χ4v) is 5.33. The molecule has 1 amide bonds. The van der Waals surface area contributed by atoms with E-state index in [0.717, 1.165) is 59.4 Å². The molecule has 1 unspecified atom stereocenters. The Bertz CT molecular complexity index is 1360. The normalized spacial score (nSPS) is 15.0. The van der Waals surface area contributed by atoms with E-state index in [1.54, 1.807) is 12.1 Å². The third kappa shape index (κ3) is 7.34. The molecule has 1 aliphatic rings. The summed E-state index contributed by atoms with van der Waals surface area (Å²) in [6.45, 7) is 9.17. The first-order valence-corrected chi connectivity index (χ1v) is 13.9. The number of aryl methyl sites for hydroxylation is 1. The first-order chi connectivity index (χ1) is 18.9. The van der Waals surface area contributed by atoms with Gasteiger partial charge in [0.2, 0.25) is 0 Å². The minimum Gasteiger partial charge on any atom is -0.478 e. The number of halogens is 1. The highest BCUT2D eigenvalue weighted by molar-refractivity contribution is 6.30. The second-order valence-electron chi connectivity index (χ2n) is 11.4. The van der Waals surface area contributed by atoms with Crippen molar-refractivity contribution in [2.45, 2.75) is 58.8 Å². The lowest BCUT2D eigenvalue weighted by atomic mass is 9.83. The van der Waals surface area contributed by atoms with Crippen molar-refractivity contribution in [3.8, 4) is 11.1 Å². The number of aliphatic hydroxyl groups is 1. The quantitative estimate of drug-likeness (QED) is 0.286. The molecule has 1 atom stereocenters. The minimum atomic E-state index is -0.934. The lowest BCUT2D eigenvalue weighted by Gasteiger charge is -2.37. The van der Waals surface area contributed by atoms with E-state index in [1.807, 2.05) is 76.2 Å². The van der Waals surface area contributed by atoms with Gasteiger partial charge in [-0.05, 0) is 105 Å². The summed E-state index contributed by atoms with van der Waals surface area (Å²) in [7, 11) is 0. The maximum atomic E-state index is 12.2. The number of hydrogen-bond donors (Lipinski definition) is 3. The van der Waals surface area contributed by atoms with Crippen LogP contribution in [-0.4, -0.2) is 41.0 Å². The van der Waals surface area contributed by atoms with Crippen LogP contribution >= 0.6 is 11.6 Å². The first-order valence-electron chi connectivity index (χ1n) is 13.5. The fourth-order valence-electron chi connectivity index (χ4n) is 5.20. The Balaban J connectivity index is 1.53. The summed E-state index contributed by atoms with van der Waals surface area (Å²) in [5.41, 5.74) is 5.20. The molecule has 0 spiro atoms. The van der Waals surface area contributed by atoms with Gasteiger partial charge < -0.3 is 25.2 Å². The van der Waals surface area contributed by atoms with Crippen LogP contribution in [0.2, 0.25) is 5.02 Å². The zero-order chi connectivity index (χ0) is 29.0. The molecule has 0 saturated carbocycles. The minimum absolute atomic E-state index is 0.0370. The predicted molar refractivity (Wildman–Crippen MR) is 158 cm³/mol. The Morgan fingerprint density at radius 3 is 2.33 bits per heavy atom. The van der Waals surface area contributed by atoms with Crippen molar-refractivity contribution in [3.63, 3.8) is 0 Å². The van der Waals surface area contributed by atoms with E-state index in [0.29, 0.717) is 5.02 Å². The van der Waals surface area contributed by atoms with Crippen molar-refractivity contribution < 1.29 is 24.5 Å². The number of hydrogen-bond acceptors (Lipinski definition) is 5. The molecule has 8 heteroatoms. The second kappa shape index (κ2) is 12.3. The average Bonchev–Trinajstić information content (AvgIpc) is 2.91. The number of carboxylic acid groups (broad SMARTS) is 1. The molecule has 212 valence electrons. The van der Waals surface area contributed by atoms with Gasteiger partial charge in [0.25, 0.3) is 0 Å². The Labute approximate surface area is 240 Å². The number of amides is 1. The van der Waals surface area contributed by atoms with Gasteiger partial charge in [-0.2, -0.15) is 0 Å². The van der Waals surface area contributed by atoms with Gasteiger partial charge in [0, 0.05) is 30.3 Å². The molecule has 7 nitrogen and oxygen atoms in total. The maximum absolute atomic E-state index is 12.2. The summed E-state index contributed by atoms with van der Waals surface area (Å²) in [6, 6.07) is 18.7. The van der Waals surface area contributed by atoms with E-state index in [-0.39, 0.29) is 18.0 Å². The summed E-state index contributed by atoms with van der Waals surface area (Å²) in [4.78, 5) is 25.8. The van der Waals surface area contributed by atoms with Crippen molar-refractivity contribution in [2.75, 3.05) is 18.0 Å². The highest BCUT2D eigenvalue weighted by Crippen LogP contribution is 2.38. The summed E-state index contributed by atoms with van der Waals surface area (Å²) >= 11 is 6.13. The van der Waals surface area contributed by atoms with E-state index in [2.05, 4.69) is 10.2 Å². The molecule has 3 aromatic carbocycles. The van der Waals surface area contributed by atoms with Gasteiger partial charge in [-0.3, -0.25) is 0 Å². The third-order valence-electron chi connectivity index (χ3n) is 7.20. The van der Waals surface area contributed by atoms with Crippen LogP contribution in [0.15, 0.2) is 60.7 Å². The van der Waals surface area contributed by atoms with Crippen molar-refractivity contribution in [2.24, 2.45) is 5.92 Å². The van der Waals surface area contributed by atoms with Crippen molar-refractivity contribution in [1.29, 1.82) is 0 Å². The number of aliphatic hydroxyl groups excluding tert-OH is 1. The number of carbonyl (C=O) groups is 2. The van der Waals surface area contributed by atoms with E-state index in [9.17, 15) is 19.8 Å². The number of benzene rings is 3. The summed E-state index contributed by atoms with van der Waals surface area (Å²) in [5, 5.41) is 24.4. The Morgan fingerprint density at radius 1 is 1.05 bits per heavy atom. The number of anilines is 1. The molecule has 1 fully saturated rings. The number of carbonyl (C=O) groups excluding carboxylic acids is 1. The van der Waals surface area contributed by atoms with Crippen molar-refractivity contribution >= 4 is 29.4 Å². The molecule has 1 aliphatic heterocycles.